The molecule has 0 fully saturated rings. The van der Waals surface area contributed by atoms with Crippen LogP contribution in [-0.4, -0.2) is 36.8 Å². The summed E-state index contributed by atoms with van der Waals surface area (Å²) < 4.78 is 96.0. The number of sulfone groups is 1. The smallest absolute Gasteiger partial charge is 0.409 e. The Kier molecular flexibility index (Phi) is 9.08. The van der Waals surface area contributed by atoms with E-state index in [0.717, 1.165) is 30.5 Å². The first-order valence-electron chi connectivity index (χ1n) is 12.6. The number of amidine groups is 1. The van der Waals surface area contributed by atoms with Gasteiger partial charge in [-0.05, 0) is 47.5 Å². The van der Waals surface area contributed by atoms with Gasteiger partial charge in [-0.2, -0.15) is 13.2 Å². The lowest BCUT2D eigenvalue weighted by Gasteiger charge is -2.26. The van der Waals surface area contributed by atoms with Crippen LogP contribution in [0.25, 0.3) is 11.1 Å². The largest absolute Gasteiger partial charge is 0.416 e. The highest BCUT2D eigenvalue weighted by molar-refractivity contribution is 7.90. The number of amides is 2. The summed E-state index contributed by atoms with van der Waals surface area (Å²) in [5.41, 5.74) is 6.05. The average molecular weight is 634 g/mol. The van der Waals surface area contributed by atoms with Gasteiger partial charge in [0.05, 0.1) is 22.7 Å². The molecule has 0 aliphatic heterocycles. The second-order valence-corrected chi connectivity index (χ2v) is 11.4. The molecule has 5 N–H and O–H groups in total. The third-order valence-corrected chi connectivity index (χ3v) is 7.45. The quantitative estimate of drug-likeness (QED) is 0.0599. The van der Waals surface area contributed by atoms with Crippen molar-refractivity contribution < 1.29 is 40.4 Å². The fourth-order valence-corrected chi connectivity index (χ4v) is 5.19. The lowest BCUT2D eigenvalue weighted by Crippen LogP contribution is -2.40. The number of alkyl halides is 3. The van der Waals surface area contributed by atoms with Crippen molar-refractivity contribution in [2.45, 2.75) is 17.6 Å². The second-order valence-electron chi connectivity index (χ2n) is 9.43. The number of hydrazine groups is 1. The molecular formula is C29H24F5N5O4S. The first-order chi connectivity index (χ1) is 20.7. The van der Waals surface area contributed by atoms with Crippen molar-refractivity contribution in [3.8, 4) is 11.1 Å². The van der Waals surface area contributed by atoms with E-state index in [9.17, 15) is 26.4 Å². The van der Waals surface area contributed by atoms with Gasteiger partial charge in [0.1, 0.15) is 17.3 Å². The summed E-state index contributed by atoms with van der Waals surface area (Å²) in [5, 5.41) is 14.5. The van der Waals surface area contributed by atoms with Gasteiger partial charge in [0.2, 0.25) is 0 Å². The van der Waals surface area contributed by atoms with Crippen LogP contribution < -0.4 is 16.5 Å². The van der Waals surface area contributed by atoms with Crippen LogP contribution in [0, 0.1) is 11.6 Å². The van der Waals surface area contributed by atoms with E-state index in [2.05, 4.69) is 10.6 Å². The van der Waals surface area contributed by atoms with E-state index in [1.165, 1.54) is 60.7 Å². The molecule has 0 heterocycles. The van der Waals surface area contributed by atoms with Crippen molar-refractivity contribution in [1.29, 1.82) is 0 Å². The third-order valence-electron chi connectivity index (χ3n) is 6.30. The van der Waals surface area contributed by atoms with Gasteiger partial charge >= 0.3 is 12.2 Å². The SMILES string of the molecule is CS(=O)(=O)c1ccccc1-c1cc(F)c(NC(=O)N(Cc2ccccc2C(F)(F)F)Nc2cccc(/C(N)=N\O)c2)c(F)c1. The summed E-state index contributed by atoms with van der Waals surface area (Å²) in [6.45, 7) is -0.724. The van der Waals surface area contributed by atoms with E-state index < -0.39 is 51.5 Å². The van der Waals surface area contributed by atoms with Gasteiger partial charge in [0.25, 0.3) is 0 Å². The zero-order chi connectivity index (χ0) is 32.2. The van der Waals surface area contributed by atoms with Gasteiger partial charge in [-0.15, -0.1) is 0 Å². The van der Waals surface area contributed by atoms with Gasteiger partial charge in [0, 0.05) is 17.4 Å². The first-order valence-corrected chi connectivity index (χ1v) is 14.4. The Morgan fingerprint density at radius 2 is 1.59 bits per heavy atom. The molecule has 0 aromatic heterocycles. The Morgan fingerprint density at radius 3 is 2.23 bits per heavy atom. The Balaban J connectivity index is 1.72. The molecule has 0 aliphatic carbocycles. The van der Waals surface area contributed by atoms with Crippen LogP contribution in [0.1, 0.15) is 16.7 Å². The van der Waals surface area contributed by atoms with Crippen molar-refractivity contribution in [2.24, 2.45) is 10.9 Å². The molecule has 4 aromatic rings. The molecule has 0 saturated carbocycles. The maximum absolute atomic E-state index is 15.3. The van der Waals surface area contributed by atoms with Crippen LogP contribution in [0.5, 0.6) is 0 Å². The Labute approximate surface area is 248 Å². The van der Waals surface area contributed by atoms with Crippen LogP contribution >= 0.6 is 0 Å². The Bertz CT molecular complexity index is 1830. The number of anilines is 2. The highest BCUT2D eigenvalue weighted by Gasteiger charge is 2.34. The average Bonchev–Trinajstić information content (AvgIpc) is 2.97. The molecule has 0 unspecified atom stereocenters. The number of nitrogens with zero attached hydrogens (tertiary/aromatic N) is 2. The van der Waals surface area contributed by atoms with Gasteiger partial charge in [0.15, 0.2) is 15.7 Å². The lowest BCUT2D eigenvalue weighted by molar-refractivity contribution is -0.138. The molecule has 0 radical (unpaired) electrons. The van der Waals surface area contributed by atoms with Crippen LogP contribution in [0.3, 0.4) is 0 Å². The molecule has 4 rings (SSSR count). The van der Waals surface area contributed by atoms with E-state index >= 15 is 8.78 Å². The van der Waals surface area contributed by atoms with E-state index in [-0.39, 0.29) is 38.7 Å². The second kappa shape index (κ2) is 12.6. The maximum Gasteiger partial charge on any atom is 0.416 e. The summed E-state index contributed by atoms with van der Waals surface area (Å²) in [7, 11) is -3.77. The van der Waals surface area contributed by atoms with Crippen LogP contribution in [0.2, 0.25) is 0 Å². The van der Waals surface area contributed by atoms with Crippen molar-refractivity contribution >= 4 is 33.1 Å². The molecule has 230 valence electrons. The minimum absolute atomic E-state index is 0.0169. The number of carbonyl (C=O) groups excluding carboxylic acids is 1. The van der Waals surface area contributed by atoms with E-state index in [0.29, 0.717) is 5.01 Å². The molecule has 44 heavy (non-hydrogen) atoms. The molecule has 0 saturated heterocycles. The summed E-state index contributed by atoms with van der Waals surface area (Å²) in [4.78, 5) is 13.2. The molecule has 2 amide bonds. The number of nitrogens with two attached hydrogens (primary N) is 1. The van der Waals surface area contributed by atoms with Gasteiger partial charge in [-0.25, -0.2) is 27.0 Å². The minimum Gasteiger partial charge on any atom is -0.409 e. The molecule has 0 aliphatic rings. The number of oxime groups is 1. The summed E-state index contributed by atoms with van der Waals surface area (Å²) >= 11 is 0. The Hall–Kier alpha value is -5.18. The summed E-state index contributed by atoms with van der Waals surface area (Å²) in [6, 6.07) is 16.0. The zero-order valence-corrected chi connectivity index (χ0v) is 23.5. The standard InChI is InChI=1S/C29H24F5N5O4S/c1-44(42,43)25-12-5-3-10-21(25)19-14-23(30)26(24(31)15-19)36-28(40)39(16-18-7-2-4-11-22(18)29(32,33)34)37-20-9-6-8-17(13-20)27(35)38-41/h2-15,37,41H,16H2,1H3,(H2,35,38)(H,36,40). The van der Waals surface area contributed by atoms with Crippen LogP contribution in [0.15, 0.2) is 95.0 Å². The number of carbonyl (C=O) groups is 1. The molecule has 15 heteroatoms. The van der Waals surface area contributed by atoms with Crippen molar-refractivity contribution in [2.75, 3.05) is 17.0 Å². The number of nitrogens with one attached hydrogen (secondary N) is 2. The number of hydrogen-bond acceptors (Lipinski definition) is 6. The molecule has 4 aromatic carbocycles. The summed E-state index contributed by atoms with van der Waals surface area (Å²) in [6.07, 6.45) is -3.84. The monoisotopic (exact) mass is 633 g/mol. The Morgan fingerprint density at radius 1 is 0.955 bits per heavy atom. The fraction of sp³-hybridized carbons (Fsp3) is 0.103. The molecule has 0 bridgehead atoms. The molecule has 0 atom stereocenters. The third kappa shape index (κ3) is 7.23. The van der Waals surface area contributed by atoms with E-state index in [4.69, 9.17) is 10.9 Å². The fourth-order valence-electron chi connectivity index (χ4n) is 4.28. The van der Waals surface area contributed by atoms with Crippen LogP contribution in [-0.2, 0) is 22.6 Å². The van der Waals surface area contributed by atoms with E-state index in [1.807, 2.05) is 5.32 Å². The van der Waals surface area contributed by atoms with Gasteiger partial charge in [-0.3, -0.25) is 5.43 Å². The maximum atomic E-state index is 15.3. The number of benzene rings is 4. The molecule has 9 nitrogen and oxygen atoms in total. The zero-order valence-electron chi connectivity index (χ0n) is 22.7. The van der Waals surface area contributed by atoms with Gasteiger partial charge < -0.3 is 16.3 Å². The highest BCUT2D eigenvalue weighted by atomic mass is 32.2. The highest BCUT2D eigenvalue weighted by Crippen LogP contribution is 2.34. The number of urea groups is 1. The summed E-state index contributed by atoms with van der Waals surface area (Å²) in [5.74, 6) is -2.85. The van der Waals surface area contributed by atoms with Gasteiger partial charge in [-0.1, -0.05) is 53.7 Å². The van der Waals surface area contributed by atoms with Crippen molar-refractivity contribution in [3.05, 3.63) is 113 Å². The van der Waals surface area contributed by atoms with Crippen molar-refractivity contribution in [1.82, 2.24) is 5.01 Å². The van der Waals surface area contributed by atoms with Crippen LogP contribution in [0.4, 0.5) is 38.1 Å². The number of hydrogen-bond donors (Lipinski definition) is 4. The normalized spacial score (nSPS) is 12.1. The topological polar surface area (TPSA) is 137 Å². The number of rotatable bonds is 8. The minimum atomic E-state index is -4.78. The van der Waals surface area contributed by atoms with E-state index in [1.54, 1.807) is 0 Å². The lowest BCUT2D eigenvalue weighted by atomic mass is 10.0. The molecule has 0 spiro atoms. The number of halogens is 5. The van der Waals surface area contributed by atoms with Crippen molar-refractivity contribution in [3.63, 3.8) is 0 Å². The first kappa shape index (κ1) is 31.7. The molecular weight excluding hydrogens is 609 g/mol. The predicted octanol–water partition coefficient (Wildman–Crippen LogP) is 6.21. The predicted molar refractivity (Wildman–Crippen MR) is 153 cm³/mol.